The molecule has 0 saturated carbocycles. The molecule has 1 aliphatic rings. The number of nitrogens with zero attached hydrogens (tertiary/aromatic N) is 3. The molecule has 1 N–H and O–H groups in total. The molecule has 1 saturated heterocycles. The van der Waals surface area contributed by atoms with Gasteiger partial charge in [-0.1, -0.05) is 0 Å². The van der Waals surface area contributed by atoms with Crippen LogP contribution in [-0.2, 0) is 0 Å². The van der Waals surface area contributed by atoms with Crippen molar-refractivity contribution in [2.24, 2.45) is 0 Å². The van der Waals surface area contributed by atoms with Crippen LogP contribution in [0.4, 0.5) is 4.79 Å². The second kappa shape index (κ2) is 4.57. The molecule has 6 nitrogen and oxygen atoms in total. The lowest BCUT2D eigenvalue weighted by atomic mass is 10.1. The Labute approximate surface area is 98.5 Å². The Morgan fingerprint density at radius 3 is 3.06 bits per heavy atom. The molecule has 6 heteroatoms. The molecule has 1 aromatic heterocycles. The van der Waals surface area contributed by atoms with Crippen LogP contribution < -0.4 is 5.56 Å². The van der Waals surface area contributed by atoms with E-state index in [0.717, 1.165) is 12.8 Å². The maximum atomic E-state index is 11.9. The lowest BCUT2D eigenvalue weighted by Gasteiger charge is -2.30. The largest absolute Gasteiger partial charge is 0.465 e. The van der Waals surface area contributed by atoms with E-state index in [9.17, 15) is 9.59 Å². The molecule has 1 aliphatic heterocycles. The zero-order chi connectivity index (χ0) is 12.4. The van der Waals surface area contributed by atoms with E-state index in [2.05, 4.69) is 5.10 Å². The summed E-state index contributed by atoms with van der Waals surface area (Å²) in [6, 6.07) is 1.52. The van der Waals surface area contributed by atoms with Crippen LogP contribution in [0.15, 0.2) is 17.1 Å². The minimum atomic E-state index is -0.935. The van der Waals surface area contributed by atoms with Gasteiger partial charge >= 0.3 is 6.09 Å². The average Bonchev–Trinajstić information content (AvgIpc) is 2.33. The zero-order valence-electron chi connectivity index (χ0n) is 9.67. The van der Waals surface area contributed by atoms with Gasteiger partial charge in [-0.05, 0) is 25.8 Å². The van der Waals surface area contributed by atoms with Gasteiger partial charge in [-0.3, -0.25) is 4.79 Å². The van der Waals surface area contributed by atoms with Crippen molar-refractivity contribution >= 4 is 6.09 Å². The summed E-state index contributed by atoms with van der Waals surface area (Å²) < 4.78 is 1.41. The predicted octanol–water partition coefficient (Wildman–Crippen LogP) is 0.867. The Kier molecular flexibility index (Phi) is 3.12. The first kappa shape index (κ1) is 11.6. The van der Waals surface area contributed by atoms with Crippen molar-refractivity contribution in [3.8, 4) is 0 Å². The number of carboxylic acid groups (broad SMARTS) is 1. The molecule has 1 fully saturated rings. The molecule has 0 aliphatic carbocycles. The van der Waals surface area contributed by atoms with Gasteiger partial charge in [-0.2, -0.15) is 5.10 Å². The molecule has 1 unspecified atom stereocenters. The van der Waals surface area contributed by atoms with E-state index in [1.165, 1.54) is 9.58 Å². The SMILES string of the molecule is Cc1ccnn(C2CCCN(C(=O)O)C2)c1=O. The summed E-state index contributed by atoms with van der Waals surface area (Å²) in [7, 11) is 0. The molecule has 0 aromatic carbocycles. The smallest absolute Gasteiger partial charge is 0.407 e. The molecule has 0 spiro atoms. The van der Waals surface area contributed by atoms with E-state index in [1.807, 2.05) is 0 Å². The van der Waals surface area contributed by atoms with Crippen molar-refractivity contribution in [3.05, 3.63) is 28.2 Å². The van der Waals surface area contributed by atoms with E-state index in [1.54, 1.807) is 19.2 Å². The maximum absolute atomic E-state index is 11.9. The lowest BCUT2D eigenvalue weighted by Crippen LogP contribution is -2.43. The minimum Gasteiger partial charge on any atom is -0.465 e. The first-order valence-electron chi connectivity index (χ1n) is 5.62. The third-order valence-corrected chi connectivity index (χ3v) is 3.07. The molecular formula is C11H15N3O3. The fourth-order valence-corrected chi connectivity index (χ4v) is 2.11. The molecule has 0 radical (unpaired) electrons. The second-order valence-corrected chi connectivity index (χ2v) is 4.29. The number of hydrogen-bond donors (Lipinski definition) is 1. The average molecular weight is 237 g/mol. The van der Waals surface area contributed by atoms with E-state index in [0.29, 0.717) is 18.7 Å². The number of amides is 1. The monoisotopic (exact) mass is 237 g/mol. The van der Waals surface area contributed by atoms with Crippen molar-refractivity contribution in [1.29, 1.82) is 0 Å². The van der Waals surface area contributed by atoms with Crippen molar-refractivity contribution in [2.75, 3.05) is 13.1 Å². The van der Waals surface area contributed by atoms with Gasteiger partial charge in [-0.15, -0.1) is 0 Å². The van der Waals surface area contributed by atoms with Crippen molar-refractivity contribution in [2.45, 2.75) is 25.8 Å². The number of likely N-dealkylation sites (tertiary alicyclic amines) is 1. The maximum Gasteiger partial charge on any atom is 0.407 e. The number of aromatic nitrogens is 2. The molecular weight excluding hydrogens is 222 g/mol. The zero-order valence-corrected chi connectivity index (χ0v) is 9.67. The van der Waals surface area contributed by atoms with Gasteiger partial charge in [0.25, 0.3) is 5.56 Å². The van der Waals surface area contributed by atoms with Crippen LogP contribution in [-0.4, -0.2) is 39.0 Å². The molecule has 2 heterocycles. The lowest BCUT2D eigenvalue weighted by molar-refractivity contribution is 0.118. The van der Waals surface area contributed by atoms with Crippen molar-refractivity contribution < 1.29 is 9.90 Å². The van der Waals surface area contributed by atoms with Gasteiger partial charge in [0.1, 0.15) is 0 Å². The Morgan fingerprint density at radius 1 is 1.59 bits per heavy atom. The number of piperidine rings is 1. The summed E-state index contributed by atoms with van der Waals surface area (Å²) in [4.78, 5) is 24.1. The second-order valence-electron chi connectivity index (χ2n) is 4.29. The van der Waals surface area contributed by atoms with Crippen LogP contribution in [0.2, 0.25) is 0 Å². The van der Waals surface area contributed by atoms with Gasteiger partial charge in [0.2, 0.25) is 0 Å². The highest BCUT2D eigenvalue weighted by Crippen LogP contribution is 2.19. The molecule has 92 valence electrons. The van der Waals surface area contributed by atoms with Crippen LogP contribution in [0, 0.1) is 6.92 Å². The Morgan fingerprint density at radius 2 is 2.35 bits per heavy atom. The number of hydrogen-bond acceptors (Lipinski definition) is 3. The van der Waals surface area contributed by atoms with Crippen LogP contribution >= 0.6 is 0 Å². The van der Waals surface area contributed by atoms with Gasteiger partial charge in [0.15, 0.2) is 0 Å². The summed E-state index contributed by atoms with van der Waals surface area (Å²) in [5.74, 6) is 0. The Hall–Kier alpha value is -1.85. The van der Waals surface area contributed by atoms with Crippen LogP contribution in [0.25, 0.3) is 0 Å². The van der Waals surface area contributed by atoms with E-state index < -0.39 is 6.09 Å². The highest BCUT2D eigenvalue weighted by atomic mass is 16.4. The van der Waals surface area contributed by atoms with Crippen LogP contribution in [0.1, 0.15) is 24.4 Å². The van der Waals surface area contributed by atoms with E-state index in [-0.39, 0.29) is 11.6 Å². The summed E-state index contributed by atoms with van der Waals surface area (Å²) >= 11 is 0. The normalized spacial score (nSPS) is 20.3. The summed E-state index contributed by atoms with van der Waals surface area (Å²) in [6.07, 6.45) is 2.20. The van der Waals surface area contributed by atoms with Crippen molar-refractivity contribution in [1.82, 2.24) is 14.7 Å². The third-order valence-electron chi connectivity index (χ3n) is 3.07. The molecule has 1 amide bonds. The fourth-order valence-electron chi connectivity index (χ4n) is 2.11. The first-order valence-corrected chi connectivity index (χ1v) is 5.62. The van der Waals surface area contributed by atoms with E-state index >= 15 is 0 Å². The van der Waals surface area contributed by atoms with Crippen LogP contribution in [0.5, 0.6) is 0 Å². The van der Waals surface area contributed by atoms with Crippen molar-refractivity contribution in [3.63, 3.8) is 0 Å². The van der Waals surface area contributed by atoms with Gasteiger partial charge < -0.3 is 10.0 Å². The minimum absolute atomic E-state index is 0.135. The topological polar surface area (TPSA) is 75.4 Å². The molecule has 0 bridgehead atoms. The Balaban J connectivity index is 2.25. The summed E-state index contributed by atoms with van der Waals surface area (Å²) in [5.41, 5.74) is 0.497. The number of carbonyl (C=O) groups is 1. The first-order chi connectivity index (χ1) is 8.09. The fraction of sp³-hybridized carbons (Fsp3) is 0.545. The van der Waals surface area contributed by atoms with Crippen LogP contribution in [0.3, 0.4) is 0 Å². The van der Waals surface area contributed by atoms with Gasteiger partial charge in [0.05, 0.1) is 6.04 Å². The molecule has 17 heavy (non-hydrogen) atoms. The van der Waals surface area contributed by atoms with E-state index in [4.69, 9.17) is 5.11 Å². The highest BCUT2D eigenvalue weighted by molar-refractivity contribution is 5.65. The van der Waals surface area contributed by atoms with Gasteiger partial charge in [-0.25, -0.2) is 9.48 Å². The summed E-state index contributed by atoms with van der Waals surface area (Å²) in [5, 5.41) is 13.0. The predicted molar refractivity (Wildman–Crippen MR) is 61.1 cm³/mol. The van der Waals surface area contributed by atoms with Gasteiger partial charge in [0, 0.05) is 24.8 Å². The Bertz CT molecular complexity index is 483. The molecule has 1 atom stereocenters. The number of aryl methyl sites for hydroxylation is 1. The quantitative estimate of drug-likeness (QED) is 0.786. The summed E-state index contributed by atoms with van der Waals surface area (Å²) in [6.45, 7) is 2.61. The molecule has 2 rings (SSSR count). The third kappa shape index (κ3) is 2.30. The molecule has 1 aromatic rings. The standard InChI is InChI=1S/C11H15N3O3/c1-8-4-5-12-14(10(8)15)9-3-2-6-13(7-9)11(16)17/h4-5,9H,2-3,6-7H2,1H3,(H,16,17). The number of rotatable bonds is 1. The highest BCUT2D eigenvalue weighted by Gasteiger charge is 2.25.